The summed E-state index contributed by atoms with van der Waals surface area (Å²) in [5.74, 6) is 1.76. The van der Waals surface area contributed by atoms with Crippen LogP contribution in [0.25, 0.3) is 0 Å². The van der Waals surface area contributed by atoms with Gasteiger partial charge in [0.05, 0.1) is 0 Å². The maximum Gasteiger partial charge on any atom is 0.0175 e. The monoisotopic (exact) mass is 307 g/mol. The van der Waals surface area contributed by atoms with Crippen molar-refractivity contribution >= 4 is 15.9 Å². The molecule has 2 fully saturated rings. The summed E-state index contributed by atoms with van der Waals surface area (Å²) in [5, 5.41) is 0. The molecule has 2 heteroatoms. The van der Waals surface area contributed by atoms with E-state index in [0.717, 1.165) is 11.8 Å². The minimum atomic E-state index is 0.835. The van der Waals surface area contributed by atoms with Gasteiger partial charge >= 0.3 is 0 Å². The van der Waals surface area contributed by atoms with Gasteiger partial charge in [0.25, 0.3) is 0 Å². The van der Waals surface area contributed by atoms with E-state index >= 15 is 0 Å². The van der Waals surface area contributed by atoms with E-state index in [-0.39, 0.29) is 0 Å². The zero-order chi connectivity index (χ0) is 12.4. The quantitative estimate of drug-likeness (QED) is 0.798. The van der Waals surface area contributed by atoms with Crippen LogP contribution in [0, 0.1) is 5.92 Å². The van der Waals surface area contributed by atoms with Crippen LogP contribution < -0.4 is 0 Å². The van der Waals surface area contributed by atoms with Gasteiger partial charge < -0.3 is 4.90 Å². The Balaban J connectivity index is 1.52. The third kappa shape index (κ3) is 3.16. The molecule has 1 aromatic carbocycles. The Hall–Kier alpha value is -0.340. The summed E-state index contributed by atoms with van der Waals surface area (Å²) < 4.78 is 1.19. The Morgan fingerprint density at radius 2 is 1.67 bits per heavy atom. The number of nitrogens with zero attached hydrogens (tertiary/aromatic N) is 1. The van der Waals surface area contributed by atoms with E-state index in [0.29, 0.717) is 0 Å². The van der Waals surface area contributed by atoms with Crippen molar-refractivity contribution in [3.63, 3.8) is 0 Å². The van der Waals surface area contributed by atoms with Gasteiger partial charge in [-0.25, -0.2) is 0 Å². The molecule has 3 rings (SSSR count). The highest BCUT2D eigenvalue weighted by atomic mass is 79.9. The van der Waals surface area contributed by atoms with Crippen molar-refractivity contribution in [1.29, 1.82) is 0 Å². The van der Waals surface area contributed by atoms with E-state index in [1.807, 2.05) is 0 Å². The van der Waals surface area contributed by atoms with Crippen LogP contribution in [0.4, 0.5) is 0 Å². The van der Waals surface area contributed by atoms with Crippen LogP contribution in [0.1, 0.15) is 43.6 Å². The Labute approximate surface area is 119 Å². The molecule has 0 aromatic heterocycles. The molecule has 0 unspecified atom stereocenters. The molecule has 2 atom stereocenters. The lowest BCUT2D eigenvalue weighted by Gasteiger charge is -2.19. The van der Waals surface area contributed by atoms with Crippen LogP contribution in [0.5, 0.6) is 0 Å². The lowest BCUT2D eigenvalue weighted by atomic mass is 10.1. The number of rotatable bonds is 3. The Morgan fingerprint density at radius 1 is 1.00 bits per heavy atom. The third-order valence-corrected chi connectivity index (χ3v) is 4.94. The van der Waals surface area contributed by atoms with Gasteiger partial charge in [-0.2, -0.15) is 0 Å². The van der Waals surface area contributed by atoms with E-state index in [9.17, 15) is 0 Å². The van der Waals surface area contributed by atoms with Crippen LogP contribution in [0.15, 0.2) is 28.7 Å². The topological polar surface area (TPSA) is 3.24 Å². The van der Waals surface area contributed by atoms with Gasteiger partial charge in [0, 0.05) is 11.0 Å². The molecule has 1 aliphatic carbocycles. The summed E-state index contributed by atoms with van der Waals surface area (Å²) in [4.78, 5) is 2.70. The summed E-state index contributed by atoms with van der Waals surface area (Å²) in [6, 6.07) is 8.93. The Bertz CT molecular complexity index is 379. The molecule has 1 aromatic rings. The number of hydrogen-bond donors (Lipinski definition) is 0. The van der Waals surface area contributed by atoms with Gasteiger partial charge in [0.1, 0.15) is 0 Å². The molecule has 18 heavy (non-hydrogen) atoms. The second-order valence-corrected chi connectivity index (χ2v) is 6.78. The first kappa shape index (κ1) is 12.7. The molecule has 0 bridgehead atoms. The first-order valence-electron chi connectivity index (χ1n) is 7.31. The van der Waals surface area contributed by atoms with E-state index in [1.54, 1.807) is 0 Å². The molecule has 1 saturated heterocycles. The summed E-state index contributed by atoms with van der Waals surface area (Å²) in [6.07, 6.45) is 7.11. The smallest absolute Gasteiger partial charge is 0.0175 e. The lowest BCUT2D eigenvalue weighted by Crippen LogP contribution is -2.27. The fraction of sp³-hybridized carbons (Fsp3) is 0.625. The van der Waals surface area contributed by atoms with Crippen molar-refractivity contribution in [2.24, 2.45) is 5.92 Å². The minimum Gasteiger partial charge on any atom is -0.303 e. The molecule has 0 spiro atoms. The van der Waals surface area contributed by atoms with Gasteiger partial charge in [-0.1, -0.05) is 40.9 Å². The van der Waals surface area contributed by atoms with Crippen LogP contribution in [-0.4, -0.2) is 24.5 Å². The zero-order valence-electron chi connectivity index (χ0n) is 10.9. The third-order valence-electron chi connectivity index (χ3n) is 4.41. The number of hydrogen-bond acceptors (Lipinski definition) is 1. The van der Waals surface area contributed by atoms with E-state index < -0.39 is 0 Å². The zero-order valence-corrected chi connectivity index (χ0v) is 12.5. The number of benzene rings is 1. The summed E-state index contributed by atoms with van der Waals surface area (Å²) in [6.45, 7) is 4.01. The molecule has 0 amide bonds. The summed E-state index contributed by atoms with van der Waals surface area (Å²) in [7, 11) is 0. The van der Waals surface area contributed by atoms with Gasteiger partial charge in [-0.05, 0) is 61.9 Å². The van der Waals surface area contributed by atoms with E-state index in [2.05, 4.69) is 45.1 Å². The van der Waals surface area contributed by atoms with Crippen molar-refractivity contribution in [3.8, 4) is 0 Å². The maximum atomic E-state index is 3.51. The van der Waals surface area contributed by atoms with Crippen LogP contribution >= 0.6 is 15.9 Å². The lowest BCUT2D eigenvalue weighted by molar-refractivity contribution is 0.272. The molecular weight excluding hydrogens is 286 g/mol. The average molecular weight is 308 g/mol. The van der Waals surface area contributed by atoms with E-state index in [1.165, 1.54) is 61.8 Å². The minimum absolute atomic E-state index is 0.835. The van der Waals surface area contributed by atoms with E-state index in [4.69, 9.17) is 0 Å². The van der Waals surface area contributed by atoms with Gasteiger partial charge in [-0.3, -0.25) is 0 Å². The average Bonchev–Trinajstić information content (AvgIpc) is 3.16. The van der Waals surface area contributed by atoms with Crippen molar-refractivity contribution in [3.05, 3.63) is 34.3 Å². The van der Waals surface area contributed by atoms with Gasteiger partial charge in [-0.15, -0.1) is 0 Å². The van der Waals surface area contributed by atoms with Crippen molar-refractivity contribution in [2.75, 3.05) is 19.6 Å². The first-order valence-corrected chi connectivity index (χ1v) is 8.10. The van der Waals surface area contributed by atoms with Crippen molar-refractivity contribution in [1.82, 2.24) is 4.90 Å². The van der Waals surface area contributed by atoms with Crippen LogP contribution in [0.3, 0.4) is 0 Å². The van der Waals surface area contributed by atoms with Gasteiger partial charge in [0.2, 0.25) is 0 Å². The Kier molecular flexibility index (Phi) is 4.05. The van der Waals surface area contributed by atoms with Crippen LogP contribution in [0.2, 0.25) is 0 Å². The molecule has 0 N–H and O–H groups in total. The summed E-state index contributed by atoms with van der Waals surface area (Å²) >= 11 is 3.51. The van der Waals surface area contributed by atoms with Crippen LogP contribution in [-0.2, 0) is 0 Å². The predicted octanol–water partition coefficient (Wildman–Crippen LogP) is 4.43. The number of halogens is 1. The Morgan fingerprint density at radius 3 is 2.33 bits per heavy atom. The second kappa shape index (κ2) is 5.75. The SMILES string of the molecule is Brc1ccc([C@@H]2C[C@H]2CN2CCCCCC2)cc1. The predicted molar refractivity (Wildman–Crippen MR) is 79.9 cm³/mol. The highest BCUT2D eigenvalue weighted by Crippen LogP contribution is 2.48. The molecular formula is C16H22BrN. The second-order valence-electron chi connectivity index (χ2n) is 5.87. The highest BCUT2D eigenvalue weighted by molar-refractivity contribution is 9.10. The molecule has 98 valence electrons. The highest BCUT2D eigenvalue weighted by Gasteiger charge is 2.39. The standard InChI is InChI=1S/C16H22BrN/c17-15-7-5-13(6-8-15)16-11-14(16)12-18-9-3-1-2-4-10-18/h5-8,14,16H,1-4,9-12H2/t14-,16-/m0/s1. The fourth-order valence-corrected chi connectivity index (χ4v) is 3.48. The molecule has 1 nitrogen and oxygen atoms in total. The normalized spacial score (nSPS) is 28.9. The number of likely N-dealkylation sites (tertiary alicyclic amines) is 1. The van der Waals surface area contributed by atoms with Crippen molar-refractivity contribution in [2.45, 2.75) is 38.0 Å². The molecule has 1 heterocycles. The molecule has 0 radical (unpaired) electrons. The van der Waals surface area contributed by atoms with Gasteiger partial charge in [0.15, 0.2) is 0 Å². The molecule has 1 saturated carbocycles. The fourth-order valence-electron chi connectivity index (χ4n) is 3.22. The van der Waals surface area contributed by atoms with Crippen molar-refractivity contribution < 1.29 is 0 Å². The first-order chi connectivity index (χ1) is 8.83. The molecule has 1 aliphatic heterocycles. The molecule has 2 aliphatic rings. The summed E-state index contributed by atoms with van der Waals surface area (Å²) in [5.41, 5.74) is 1.54. The largest absolute Gasteiger partial charge is 0.303 e. The maximum absolute atomic E-state index is 3.51.